The summed E-state index contributed by atoms with van der Waals surface area (Å²) >= 11 is 0. The monoisotopic (exact) mass is 163 g/mol. The Balaban J connectivity index is -0.000000125. The first-order valence-corrected chi connectivity index (χ1v) is 1.47. The zero-order chi connectivity index (χ0) is 5.15. The second-order valence-electron chi connectivity index (χ2n) is 0.988. The molecule has 0 unspecified atom stereocenters. The van der Waals surface area contributed by atoms with E-state index in [0.29, 0.717) is 0 Å². The van der Waals surface area contributed by atoms with E-state index in [1.54, 1.807) is 0 Å². The van der Waals surface area contributed by atoms with Crippen molar-refractivity contribution in [1.29, 1.82) is 0 Å². The van der Waals surface area contributed by atoms with E-state index >= 15 is 0 Å². The molecule has 0 aliphatic carbocycles. The summed E-state index contributed by atoms with van der Waals surface area (Å²) in [4.78, 5) is 9.54. The molecule has 8 heavy (non-hydrogen) atoms. The van der Waals surface area contributed by atoms with E-state index in [1.807, 2.05) is 0 Å². The quantitative estimate of drug-likeness (QED) is 0.314. The van der Waals surface area contributed by atoms with Crippen molar-refractivity contribution in [2.45, 2.75) is 6.92 Å². The molecular weight excluding hydrogens is 155 g/mol. The third-order valence-electron chi connectivity index (χ3n) is 0.337. The van der Waals surface area contributed by atoms with Gasteiger partial charge in [-0.1, -0.05) is 6.92 Å². The molecule has 2 nitrogen and oxygen atoms in total. The van der Waals surface area contributed by atoms with Gasteiger partial charge in [0.25, 0.3) is 0 Å². The molecule has 0 rings (SSSR count). The Kier molecular flexibility index (Phi) is 14.7. The van der Waals surface area contributed by atoms with Crippen LogP contribution in [-0.4, -0.2) is 28.4 Å². The average molecular weight is 163 g/mol. The fourth-order valence-corrected chi connectivity index (χ4v) is 0. The van der Waals surface area contributed by atoms with Gasteiger partial charge in [0.15, 0.2) is 23.3 Å². The van der Waals surface area contributed by atoms with Crippen LogP contribution in [0.25, 0.3) is 0 Å². The maximum absolute atomic E-state index is 9.54. The van der Waals surface area contributed by atoms with Gasteiger partial charge in [-0.3, -0.25) is 6.58 Å². The molecule has 1 N–H and O–H groups in total. The molecule has 0 amide bonds. The number of aliphatic carboxylic acids is 1. The second-order valence-corrected chi connectivity index (χ2v) is 0.988. The van der Waals surface area contributed by atoms with E-state index in [0.717, 1.165) is 0 Å². The van der Waals surface area contributed by atoms with Gasteiger partial charge in [0.2, 0.25) is 0 Å². The zero-order valence-electron chi connectivity index (χ0n) is 3.93. The topological polar surface area (TPSA) is 37.3 Å². The molecule has 0 heterocycles. The zero-order valence-corrected chi connectivity index (χ0v) is 5.49. The summed E-state index contributed by atoms with van der Waals surface area (Å²) in [6.45, 7) is 6.09. The Morgan fingerprint density at radius 1 is 1.62 bits per heavy atom. The van der Waals surface area contributed by atoms with Gasteiger partial charge in [0.1, 0.15) is 0 Å². The van der Waals surface area contributed by atoms with Gasteiger partial charge in [0.05, 0.1) is 0 Å². The van der Waals surface area contributed by atoms with Crippen LogP contribution in [0.4, 0.5) is 0 Å². The SMILES string of the molecule is [AlH3].[CH-]=C(C)C(=O)O.[Ti]. The van der Waals surface area contributed by atoms with E-state index in [1.165, 1.54) is 6.92 Å². The Bertz CT molecular complexity index is 80.0. The summed E-state index contributed by atoms with van der Waals surface area (Å²) in [6, 6.07) is 0. The van der Waals surface area contributed by atoms with E-state index in [4.69, 9.17) is 11.7 Å². The standard InChI is InChI=1S/C4H5O2.Al.Ti.3H/c1-3(2)4(5)6;;;;;/h1H,2H3,(H,5,6);;;;;/q-1;;;;;. The summed E-state index contributed by atoms with van der Waals surface area (Å²) in [7, 11) is 0. The van der Waals surface area contributed by atoms with Gasteiger partial charge in [-0.05, 0) is 0 Å². The van der Waals surface area contributed by atoms with Crippen molar-refractivity contribution in [3.05, 3.63) is 12.2 Å². The third kappa shape index (κ3) is 9.68. The number of hydrogen-bond acceptors (Lipinski definition) is 1. The van der Waals surface area contributed by atoms with E-state index in [9.17, 15) is 4.79 Å². The minimum atomic E-state index is -1.05. The molecule has 0 aromatic rings. The predicted molar refractivity (Wildman–Crippen MR) is 31.1 cm³/mol. The molecule has 0 radical (unpaired) electrons. The van der Waals surface area contributed by atoms with Crippen LogP contribution in [0.1, 0.15) is 6.92 Å². The van der Waals surface area contributed by atoms with Crippen molar-refractivity contribution in [1.82, 2.24) is 0 Å². The molecule has 0 spiro atoms. The third-order valence-corrected chi connectivity index (χ3v) is 0.337. The number of rotatable bonds is 1. The molecule has 0 fully saturated rings. The minimum absolute atomic E-state index is 0. The molecule has 44 valence electrons. The fraction of sp³-hybridized carbons (Fsp3) is 0.250. The van der Waals surface area contributed by atoms with Crippen LogP contribution in [0.3, 0.4) is 0 Å². The van der Waals surface area contributed by atoms with Crippen molar-refractivity contribution in [2.75, 3.05) is 0 Å². The smallest absolute Gasteiger partial charge is 0.187 e. The van der Waals surface area contributed by atoms with Crippen LogP contribution >= 0.6 is 0 Å². The van der Waals surface area contributed by atoms with Gasteiger partial charge in [-0.25, -0.2) is 0 Å². The van der Waals surface area contributed by atoms with Gasteiger partial charge in [-0.2, -0.15) is 0 Å². The van der Waals surface area contributed by atoms with Crippen LogP contribution in [0.15, 0.2) is 5.57 Å². The van der Waals surface area contributed by atoms with Crippen molar-refractivity contribution in [3.8, 4) is 0 Å². The molecule has 0 aromatic carbocycles. The summed E-state index contributed by atoms with van der Waals surface area (Å²) in [5.41, 5.74) is -0.0741. The molecule has 0 aliphatic heterocycles. The molecule has 0 aromatic heterocycles. The maximum Gasteiger partial charge on any atom is 0.187 e. The summed E-state index contributed by atoms with van der Waals surface area (Å²) < 4.78 is 0. The Labute approximate surface area is 74.0 Å². The largest absolute Gasteiger partial charge is 0.562 e. The van der Waals surface area contributed by atoms with Gasteiger partial charge < -0.3 is 9.90 Å². The average Bonchev–Trinajstić information content (AvgIpc) is 1.36. The minimum Gasteiger partial charge on any atom is -0.562 e. The van der Waals surface area contributed by atoms with Gasteiger partial charge in [0, 0.05) is 21.7 Å². The normalized spacial score (nSPS) is 5.62. The van der Waals surface area contributed by atoms with E-state index in [2.05, 4.69) is 0 Å². The molecule has 0 bridgehead atoms. The van der Waals surface area contributed by atoms with Crippen LogP contribution in [0.5, 0.6) is 0 Å². The van der Waals surface area contributed by atoms with E-state index < -0.39 is 5.97 Å². The maximum atomic E-state index is 9.54. The van der Waals surface area contributed by atoms with Crippen LogP contribution in [0, 0.1) is 6.58 Å². The Morgan fingerprint density at radius 2 is 1.75 bits per heavy atom. The van der Waals surface area contributed by atoms with Gasteiger partial charge >= 0.3 is 0 Å². The number of carbonyl (C=O) groups is 1. The summed E-state index contributed by atoms with van der Waals surface area (Å²) in [5, 5.41) is 7.83. The Hall–Kier alpha value is 0.457. The van der Waals surface area contributed by atoms with Crippen LogP contribution in [-0.2, 0) is 26.5 Å². The number of hydrogen-bond donors (Lipinski definition) is 1. The first-order chi connectivity index (χ1) is 2.64. The Morgan fingerprint density at radius 3 is 1.75 bits per heavy atom. The second kappa shape index (κ2) is 7.46. The predicted octanol–water partition coefficient (Wildman–Crippen LogP) is -0.736. The first kappa shape index (κ1) is 15.8. The molecule has 0 atom stereocenters. The first-order valence-electron chi connectivity index (χ1n) is 1.47. The van der Waals surface area contributed by atoms with Crippen molar-refractivity contribution < 1.29 is 31.6 Å². The summed E-state index contributed by atoms with van der Waals surface area (Å²) in [5.74, 6) is -1.05. The van der Waals surface area contributed by atoms with Crippen LogP contribution in [0.2, 0.25) is 0 Å². The van der Waals surface area contributed by atoms with Gasteiger partial charge in [-0.15, -0.1) is 5.57 Å². The summed E-state index contributed by atoms with van der Waals surface area (Å²) in [6.07, 6.45) is 0. The van der Waals surface area contributed by atoms with E-state index in [-0.39, 0.29) is 44.7 Å². The van der Waals surface area contributed by atoms with Crippen LogP contribution < -0.4 is 0 Å². The molecule has 0 aliphatic rings. The number of carboxylic acids is 1. The molecular formula is C4H8AlO2Ti-. The molecule has 0 saturated carbocycles. The molecule has 4 heteroatoms. The van der Waals surface area contributed by atoms with Crippen molar-refractivity contribution >= 4 is 23.3 Å². The van der Waals surface area contributed by atoms with Crippen molar-refractivity contribution in [3.63, 3.8) is 0 Å². The van der Waals surface area contributed by atoms with Crippen molar-refractivity contribution in [2.24, 2.45) is 0 Å². The number of carboxylic acid groups (broad SMARTS) is 1. The molecule has 0 saturated heterocycles. The fourth-order valence-electron chi connectivity index (χ4n) is 0.